The number of anilines is 1. The highest BCUT2D eigenvalue weighted by atomic mass is 19.1. The van der Waals surface area contributed by atoms with E-state index in [0.29, 0.717) is 71.8 Å². The second-order valence-corrected chi connectivity index (χ2v) is 12.5. The van der Waals surface area contributed by atoms with E-state index in [4.69, 9.17) is 4.74 Å². The number of rotatable bonds is 9. The molecule has 0 spiro atoms. The van der Waals surface area contributed by atoms with E-state index in [-0.39, 0.29) is 36.3 Å². The van der Waals surface area contributed by atoms with Gasteiger partial charge >= 0.3 is 0 Å². The van der Waals surface area contributed by atoms with Gasteiger partial charge in [-0.25, -0.2) is 18.7 Å². The Morgan fingerprint density at radius 3 is 2.58 bits per heavy atom. The third-order valence-corrected chi connectivity index (χ3v) is 9.49. The molecule has 256 valence electrons. The van der Waals surface area contributed by atoms with E-state index in [9.17, 15) is 19.1 Å². The lowest BCUT2D eigenvalue weighted by molar-refractivity contribution is -0.138. The van der Waals surface area contributed by atoms with Crippen molar-refractivity contribution in [2.75, 3.05) is 45.2 Å². The molecular weight excluding hydrogens is 644 g/mol. The summed E-state index contributed by atoms with van der Waals surface area (Å²) < 4.78 is 34.9. The van der Waals surface area contributed by atoms with Gasteiger partial charge in [-0.05, 0) is 66.9 Å². The van der Waals surface area contributed by atoms with E-state index < -0.39 is 18.0 Å². The first-order valence-electron chi connectivity index (χ1n) is 16.3. The molecule has 5 aromatic rings. The fraction of sp³-hybridized carbons (Fsp3) is 0.270. The summed E-state index contributed by atoms with van der Waals surface area (Å²) in [6.07, 6.45) is 6.03. The number of nitrogens with one attached hydrogen (secondary N) is 2. The van der Waals surface area contributed by atoms with Crippen molar-refractivity contribution in [3.63, 3.8) is 0 Å². The van der Waals surface area contributed by atoms with Crippen molar-refractivity contribution in [3.8, 4) is 22.6 Å². The largest absolute Gasteiger partial charge is 0.392 e. The first kappa shape index (κ1) is 33.1. The number of aliphatic hydroxyl groups is 1. The average molecular weight is 680 g/mol. The molecule has 3 aromatic carbocycles. The van der Waals surface area contributed by atoms with Crippen molar-refractivity contribution in [2.45, 2.75) is 25.0 Å². The van der Waals surface area contributed by atoms with Gasteiger partial charge in [0.15, 0.2) is 11.4 Å². The number of benzene rings is 3. The quantitative estimate of drug-likeness (QED) is 0.202. The maximum atomic E-state index is 15.1. The minimum absolute atomic E-state index is 0.0762. The van der Waals surface area contributed by atoms with Crippen LogP contribution in [0.25, 0.3) is 39.1 Å². The fourth-order valence-corrected chi connectivity index (χ4v) is 6.63. The maximum absolute atomic E-state index is 15.1. The van der Waals surface area contributed by atoms with Crippen molar-refractivity contribution in [2.24, 2.45) is 0 Å². The Labute approximate surface area is 286 Å². The zero-order valence-electron chi connectivity index (χ0n) is 27.3. The van der Waals surface area contributed by atoms with Crippen LogP contribution < -0.4 is 5.32 Å². The number of carbonyl (C=O) groups excluding carboxylic acids is 2. The molecular formula is C37H35F2N7O4. The Kier molecular flexibility index (Phi) is 9.19. The third kappa shape index (κ3) is 6.50. The molecule has 50 heavy (non-hydrogen) atoms. The molecule has 1 atom stereocenters. The van der Waals surface area contributed by atoms with Gasteiger partial charge in [-0.2, -0.15) is 5.10 Å². The Bertz CT molecular complexity index is 2100. The number of carbonyl (C=O) groups is 2. The van der Waals surface area contributed by atoms with E-state index in [0.717, 1.165) is 11.1 Å². The van der Waals surface area contributed by atoms with Gasteiger partial charge in [0.25, 0.3) is 5.91 Å². The Hall–Kier alpha value is -5.37. The van der Waals surface area contributed by atoms with Crippen LogP contribution in [0.4, 0.5) is 14.5 Å². The number of aromatic nitrogens is 4. The van der Waals surface area contributed by atoms with Crippen molar-refractivity contribution in [1.29, 1.82) is 0 Å². The van der Waals surface area contributed by atoms with E-state index >= 15 is 4.39 Å². The number of nitrogens with zero attached hydrogens (tertiary/aromatic N) is 5. The monoisotopic (exact) mass is 679 g/mol. The van der Waals surface area contributed by atoms with Gasteiger partial charge in [0.1, 0.15) is 11.6 Å². The molecule has 0 saturated carbocycles. The van der Waals surface area contributed by atoms with Crippen molar-refractivity contribution < 1.29 is 28.2 Å². The summed E-state index contributed by atoms with van der Waals surface area (Å²) in [5.41, 5.74) is 3.36. The molecule has 0 aliphatic carbocycles. The van der Waals surface area contributed by atoms with Crippen molar-refractivity contribution in [3.05, 3.63) is 102 Å². The highest BCUT2D eigenvalue weighted by Crippen LogP contribution is 2.32. The molecule has 2 aliphatic heterocycles. The second kappa shape index (κ2) is 13.9. The number of methoxy groups -OCH3 is 1. The number of aromatic amines is 1. The minimum Gasteiger partial charge on any atom is -0.392 e. The normalized spacial score (nSPS) is 18.0. The molecule has 13 heteroatoms. The highest BCUT2D eigenvalue weighted by Gasteiger charge is 2.45. The SMILES string of the molecule is CO[C@@]1(C(=O)Nc2ccc3[nH]nc(-c4ccc(F)c(CO)c4)c3c2)CCN(CC(=O)N2CC=C(c3ccc(-c4ncccn4)cc3F)CC2)C1. The number of aliphatic hydroxyl groups excluding tert-OH is 1. The average Bonchev–Trinajstić information content (AvgIpc) is 3.77. The molecule has 0 unspecified atom stereocenters. The fourth-order valence-electron chi connectivity index (χ4n) is 6.63. The van der Waals surface area contributed by atoms with Gasteiger partial charge in [0, 0.05) is 79.0 Å². The zero-order chi connectivity index (χ0) is 34.8. The lowest BCUT2D eigenvalue weighted by Crippen LogP contribution is -2.48. The lowest BCUT2D eigenvalue weighted by atomic mass is 9.97. The summed E-state index contributed by atoms with van der Waals surface area (Å²) in [6.45, 7) is 1.22. The molecule has 2 amide bonds. The molecule has 2 aromatic heterocycles. The van der Waals surface area contributed by atoms with Crippen LogP contribution in [0.5, 0.6) is 0 Å². The number of halogens is 2. The smallest absolute Gasteiger partial charge is 0.258 e. The molecule has 4 heterocycles. The van der Waals surface area contributed by atoms with Crippen LogP contribution >= 0.6 is 0 Å². The van der Waals surface area contributed by atoms with E-state index in [1.807, 2.05) is 11.0 Å². The van der Waals surface area contributed by atoms with Crippen LogP contribution in [0.15, 0.2) is 79.1 Å². The minimum atomic E-state index is -1.16. The summed E-state index contributed by atoms with van der Waals surface area (Å²) in [5.74, 6) is -0.816. The Balaban J connectivity index is 0.977. The molecule has 1 fully saturated rings. The van der Waals surface area contributed by atoms with Crippen molar-refractivity contribution >= 4 is 34.0 Å². The van der Waals surface area contributed by atoms with Gasteiger partial charge in [0.2, 0.25) is 5.91 Å². The predicted molar refractivity (Wildman–Crippen MR) is 183 cm³/mol. The van der Waals surface area contributed by atoms with Gasteiger partial charge in [-0.1, -0.05) is 18.2 Å². The molecule has 11 nitrogen and oxygen atoms in total. The molecule has 0 bridgehead atoms. The van der Waals surface area contributed by atoms with Crippen LogP contribution in [0.2, 0.25) is 0 Å². The van der Waals surface area contributed by atoms with Crippen molar-refractivity contribution in [1.82, 2.24) is 30.0 Å². The first-order chi connectivity index (χ1) is 24.3. The van der Waals surface area contributed by atoms with Crippen LogP contribution in [0.1, 0.15) is 24.0 Å². The number of ether oxygens (including phenoxy) is 1. The number of H-pyrrole nitrogens is 1. The molecule has 7 rings (SSSR count). The van der Waals surface area contributed by atoms with Gasteiger partial charge in [-0.3, -0.25) is 19.6 Å². The zero-order valence-corrected chi connectivity index (χ0v) is 27.3. The number of amides is 2. The second-order valence-electron chi connectivity index (χ2n) is 12.5. The number of hydrogen-bond acceptors (Lipinski definition) is 8. The molecule has 2 aliphatic rings. The van der Waals surface area contributed by atoms with Crippen LogP contribution in [0.3, 0.4) is 0 Å². The van der Waals surface area contributed by atoms with E-state index in [1.165, 1.54) is 19.2 Å². The maximum Gasteiger partial charge on any atom is 0.258 e. The number of fused-ring (bicyclic) bond motifs is 1. The first-order valence-corrected chi connectivity index (χ1v) is 16.3. The summed E-state index contributed by atoms with van der Waals surface area (Å²) in [7, 11) is 1.49. The van der Waals surface area contributed by atoms with Crippen LogP contribution in [0, 0.1) is 11.6 Å². The van der Waals surface area contributed by atoms with Gasteiger partial charge in [-0.15, -0.1) is 0 Å². The highest BCUT2D eigenvalue weighted by molar-refractivity contribution is 6.01. The Morgan fingerprint density at radius 1 is 1.02 bits per heavy atom. The number of likely N-dealkylation sites (tertiary alicyclic amines) is 1. The molecule has 3 N–H and O–H groups in total. The van der Waals surface area contributed by atoms with Crippen LogP contribution in [-0.2, 0) is 20.9 Å². The third-order valence-electron chi connectivity index (χ3n) is 9.49. The number of hydrogen-bond donors (Lipinski definition) is 3. The Morgan fingerprint density at radius 2 is 1.84 bits per heavy atom. The summed E-state index contributed by atoms with van der Waals surface area (Å²) in [4.78, 5) is 39.0. The van der Waals surface area contributed by atoms with E-state index in [1.54, 1.807) is 65.8 Å². The standard InChI is InChI=1S/C37H35F2N7O4/c1-50-37(36(49)42-27-5-8-32-29(19-27)34(44-43-32)24-4-7-30(38)26(17-24)21-47)11-16-45(22-37)20-33(48)46-14-9-23(10-15-46)28-6-3-25(18-31(28)39)35-40-12-2-13-41-35/h2-9,12-13,17-19,47H,10-11,14-16,20-22H2,1H3,(H,42,49)(H,43,44)/t37-/m0/s1. The summed E-state index contributed by atoms with van der Waals surface area (Å²) in [5, 5.41) is 20.5. The van der Waals surface area contributed by atoms with Gasteiger partial charge < -0.3 is 20.1 Å². The molecule has 0 radical (unpaired) electrons. The topological polar surface area (TPSA) is 137 Å². The lowest BCUT2D eigenvalue weighted by Gasteiger charge is -2.30. The van der Waals surface area contributed by atoms with Gasteiger partial charge in [0.05, 0.1) is 24.4 Å². The predicted octanol–water partition coefficient (Wildman–Crippen LogP) is 4.80. The summed E-state index contributed by atoms with van der Waals surface area (Å²) >= 11 is 0. The van der Waals surface area contributed by atoms with E-state index in [2.05, 4.69) is 25.5 Å². The molecule has 1 saturated heterocycles. The summed E-state index contributed by atoms with van der Waals surface area (Å²) in [6, 6.07) is 16.4. The van der Waals surface area contributed by atoms with Crippen LogP contribution in [-0.4, -0.2) is 92.3 Å².